The molecule has 0 fully saturated rings. The number of ether oxygens (including phenoxy) is 2. The second-order valence-electron chi connectivity index (χ2n) is 6.74. The van der Waals surface area contributed by atoms with Crippen LogP contribution in [0.5, 0.6) is 5.75 Å². The topological polar surface area (TPSA) is 71.6 Å². The Hall–Kier alpha value is -3.35. The lowest BCUT2D eigenvalue weighted by Gasteiger charge is -2.17. The highest BCUT2D eigenvalue weighted by Crippen LogP contribution is 2.20. The Morgan fingerprint density at radius 2 is 1.97 bits per heavy atom. The van der Waals surface area contributed by atoms with Crippen molar-refractivity contribution >= 4 is 22.8 Å². The number of carbonyl (C=O) groups excluding carboxylic acids is 2. The fraction of sp³-hybridized carbons (Fsp3) is 0.273. The van der Waals surface area contributed by atoms with Crippen LogP contribution in [0.3, 0.4) is 0 Å². The molecule has 0 unspecified atom stereocenters. The number of halogens is 1. The minimum atomic E-state index is -0.491. The zero-order chi connectivity index (χ0) is 20.8. The second kappa shape index (κ2) is 9.23. The van der Waals surface area contributed by atoms with E-state index in [0.29, 0.717) is 12.0 Å². The molecule has 2 aromatic carbocycles. The van der Waals surface area contributed by atoms with Crippen LogP contribution in [0.15, 0.2) is 48.7 Å². The molecule has 6 nitrogen and oxygen atoms in total. The van der Waals surface area contributed by atoms with E-state index in [9.17, 15) is 14.0 Å². The van der Waals surface area contributed by atoms with E-state index in [1.807, 2.05) is 30.5 Å². The number of benzene rings is 2. The molecule has 0 aliphatic carbocycles. The Bertz CT molecular complexity index is 1010. The normalized spacial score (nSPS) is 10.7. The van der Waals surface area contributed by atoms with Gasteiger partial charge in [-0.1, -0.05) is 24.3 Å². The van der Waals surface area contributed by atoms with Crippen molar-refractivity contribution in [2.45, 2.75) is 19.4 Å². The summed E-state index contributed by atoms with van der Waals surface area (Å²) in [5.41, 5.74) is 2.66. The quantitative estimate of drug-likeness (QED) is 0.590. The highest BCUT2D eigenvalue weighted by Gasteiger charge is 2.14. The van der Waals surface area contributed by atoms with Crippen molar-refractivity contribution < 1.29 is 23.5 Å². The summed E-state index contributed by atoms with van der Waals surface area (Å²) in [4.78, 5) is 28.7. The standard InChI is InChI=1S/C22H23FN2O4/c1-25(13-15-7-9-20(28-2)18(23)11-15)21(26)14-29-22(27)10-8-16-12-24-19-6-4-3-5-17(16)19/h3-7,9,11-12,24H,8,10,13-14H2,1-2H3. The number of para-hydroxylation sites is 1. The molecule has 1 aromatic heterocycles. The van der Waals surface area contributed by atoms with E-state index in [0.717, 1.165) is 16.5 Å². The first-order chi connectivity index (χ1) is 14.0. The van der Waals surface area contributed by atoms with E-state index in [1.165, 1.54) is 24.1 Å². The highest BCUT2D eigenvalue weighted by atomic mass is 19.1. The van der Waals surface area contributed by atoms with Crippen LogP contribution in [0.2, 0.25) is 0 Å². The van der Waals surface area contributed by atoms with Gasteiger partial charge in [-0.15, -0.1) is 0 Å². The lowest BCUT2D eigenvalue weighted by molar-refractivity contribution is -0.151. The number of carbonyl (C=O) groups is 2. The Kier molecular flexibility index (Phi) is 6.49. The minimum Gasteiger partial charge on any atom is -0.494 e. The van der Waals surface area contributed by atoms with E-state index in [1.54, 1.807) is 13.1 Å². The third-order valence-corrected chi connectivity index (χ3v) is 4.69. The molecule has 1 amide bonds. The van der Waals surface area contributed by atoms with Crippen molar-refractivity contribution in [1.82, 2.24) is 9.88 Å². The van der Waals surface area contributed by atoms with Gasteiger partial charge in [-0.2, -0.15) is 0 Å². The van der Waals surface area contributed by atoms with E-state index in [4.69, 9.17) is 9.47 Å². The molecule has 1 N–H and O–H groups in total. The van der Waals surface area contributed by atoms with Gasteiger partial charge in [0, 0.05) is 37.1 Å². The molecular weight excluding hydrogens is 375 g/mol. The Labute approximate surface area is 168 Å². The maximum absolute atomic E-state index is 13.8. The van der Waals surface area contributed by atoms with Gasteiger partial charge in [-0.3, -0.25) is 9.59 Å². The molecular formula is C22H23FN2O4. The number of likely N-dealkylation sites (N-methyl/N-ethyl adjacent to an activating group) is 1. The third-order valence-electron chi connectivity index (χ3n) is 4.69. The number of amides is 1. The molecule has 0 saturated heterocycles. The molecule has 0 saturated carbocycles. The summed E-state index contributed by atoms with van der Waals surface area (Å²) >= 11 is 0. The molecule has 7 heteroatoms. The van der Waals surface area contributed by atoms with E-state index >= 15 is 0 Å². The SMILES string of the molecule is COc1ccc(CN(C)C(=O)COC(=O)CCc2c[nH]c3ccccc23)cc1F. The Balaban J connectivity index is 1.45. The summed E-state index contributed by atoms with van der Waals surface area (Å²) in [5.74, 6) is -1.14. The second-order valence-corrected chi connectivity index (χ2v) is 6.74. The van der Waals surface area contributed by atoms with Gasteiger partial charge in [-0.25, -0.2) is 4.39 Å². The molecule has 0 radical (unpaired) electrons. The number of aromatic nitrogens is 1. The first-order valence-corrected chi connectivity index (χ1v) is 9.25. The lowest BCUT2D eigenvalue weighted by atomic mass is 10.1. The molecule has 0 aliphatic heterocycles. The highest BCUT2D eigenvalue weighted by molar-refractivity contribution is 5.84. The lowest BCUT2D eigenvalue weighted by Crippen LogP contribution is -2.30. The molecule has 0 aliphatic rings. The van der Waals surface area contributed by atoms with Gasteiger partial charge in [0.25, 0.3) is 5.91 Å². The van der Waals surface area contributed by atoms with Crippen molar-refractivity contribution in [2.75, 3.05) is 20.8 Å². The van der Waals surface area contributed by atoms with Gasteiger partial charge >= 0.3 is 5.97 Å². The largest absolute Gasteiger partial charge is 0.494 e. The van der Waals surface area contributed by atoms with E-state index in [-0.39, 0.29) is 31.2 Å². The molecule has 1 heterocycles. The van der Waals surface area contributed by atoms with Crippen molar-refractivity contribution in [3.05, 3.63) is 65.6 Å². The van der Waals surface area contributed by atoms with E-state index in [2.05, 4.69) is 4.98 Å². The Morgan fingerprint density at radius 3 is 2.72 bits per heavy atom. The van der Waals surface area contributed by atoms with Gasteiger partial charge in [0.1, 0.15) is 0 Å². The van der Waals surface area contributed by atoms with Crippen molar-refractivity contribution in [3.8, 4) is 5.75 Å². The van der Waals surface area contributed by atoms with Crippen LogP contribution in [-0.4, -0.2) is 42.5 Å². The number of nitrogens with zero attached hydrogens (tertiary/aromatic N) is 1. The number of fused-ring (bicyclic) bond motifs is 1. The van der Waals surface area contributed by atoms with Gasteiger partial charge in [-0.05, 0) is 35.7 Å². The van der Waals surface area contributed by atoms with Gasteiger partial charge in [0.2, 0.25) is 0 Å². The summed E-state index contributed by atoms with van der Waals surface area (Å²) < 4.78 is 23.7. The van der Waals surface area contributed by atoms with Gasteiger partial charge in [0.05, 0.1) is 7.11 Å². The number of aromatic amines is 1. The summed E-state index contributed by atoms with van der Waals surface area (Å²) in [6.45, 7) is -0.144. The van der Waals surface area contributed by atoms with Gasteiger partial charge in [0.15, 0.2) is 18.2 Å². The van der Waals surface area contributed by atoms with Crippen molar-refractivity contribution in [1.29, 1.82) is 0 Å². The maximum Gasteiger partial charge on any atom is 0.306 e. The minimum absolute atomic E-state index is 0.145. The number of methoxy groups -OCH3 is 1. The van der Waals surface area contributed by atoms with Gasteiger partial charge < -0.3 is 19.4 Å². The number of esters is 1. The van der Waals surface area contributed by atoms with Crippen LogP contribution < -0.4 is 4.74 Å². The predicted molar refractivity (Wildman–Crippen MR) is 107 cm³/mol. The number of aryl methyl sites for hydroxylation is 1. The number of hydrogen-bond donors (Lipinski definition) is 1. The number of nitrogens with one attached hydrogen (secondary N) is 1. The fourth-order valence-electron chi connectivity index (χ4n) is 3.07. The van der Waals surface area contributed by atoms with Crippen LogP contribution >= 0.6 is 0 Å². The van der Waals surface area contributed by atoms with Crippen molar-refractivity contribution in [3.63, 3.8) is 0 Å². The van der Waals surface area contributed by atoms with Crippen LogP contribution in [0.4, 0.5) is 4.39 Å². The summed E-state index contributed by atoms with van der Waals surface area (Å²) in [7, 11) is 2.96. The zero-order valence-electron chi connectivity index (χ0n) is 16.4. The molecule has 152 valence electrons. The van der Waals surface area contributed by atoms with Crippen LogP contribution in [-0.2, 0) is 27.3 Å². The first-order valence-electron chi connectivity index (χ1n) is 9.25. The maximum atomic E-state index is 13.8. The summed E-state index contributed by atoms with van der Waals surface area (Å²) in [6.07, 6.45) is 2.59. The predicted octanol–water partition coefficient (Wildman–Crippen LogP) is 3.45. The molecule has 0 spiro atoms. The average Bonchev–Trinajstić information content (AvgIpc) is 3.13. The number of rotatable bonds is 8. The zero-order valence-corrected chi connectivity index (χ0v) is 16.4. The van der Waals surface area contributed by atoms with Crippen molar-refractivity contribution in [2.24, 2.45) is 0 Å². The monoisotopic (exact) mass is 398 g/mol. The van der Waals surface area contributed by atoms with Crippen LogP contribution in [0.25, 0.3) is 10.9 Å². The fourth-order valence-corrected chi connectivity index (χ4v) is 3.07. The number of H-pyrrole nitrogens is 1. The molecule has 3 rings (SSSR count). The third kappa shape index (κ3) is 5.13. The first kappa shape index (κ1) is 20.4. The van der Waals surface area contributed by atoms with E-state index < -0.39 is 11.8 Å². The van der Waals surface area contributed by atoms with Crippen LogP contribution in [0.1, 0.15) is 17.5 Å². The summed E-state index contributed by atoms with van der Waals surface area (Å²) in [5, 5.41) is 1.07. The Morgan fingerprint density at radius 1 is 1.17 bits per heavy atom. The molecule has 0 atom stereocenters. The summed E-state index contributed by atoms with van der Waals surface area (Å²) in [6, 6.07) is 12.4. The molecule has 3 aromatic rings. The van der Waals surface area contributed by atoms with Crippen LogP contribution in [0, 0.1) is 5.82 Å². The number of hydrogen-bond acceptors (Lipinski definition) is 4. The smallest absolute Gasteiger partial charge is 0.306 e. The molecule has 29 heavy (non-hydrogen) atoms. The molecule has 0 bridgehead atoms. The average molecular weight is 398 g/mol.